The Bertz CT molecular complexity index is 485. The first kappa shape index (κ1) is 12.4. The molecule has 5 heteroatoms. The van der Waals surface area contributed by atoms with E-state index >= 15 is 0 Å². The second kappa shape index (κ2) is 5.08. The number of anilines is 1. The van der Waals surface area contributed by atoms with E-state index in [1.807, 2.05) is 6.92 Å². The van der Waals surface area contributed by atoms with E-state index in [4.69, 9.17) is 5.11 Å². The van der Waals surface area contributed by atoms with Gasteiger partial charge in [0.25, 0.3) is 0 Å². The van der Waals surface area contributed by atoms with Crippen LogP contribution in [0.2, 0.25) is 0 Å². The van der Waals surface area contributed by atoms with Crippen molar-refractivity contribution >= 4 is 17.6 Å². The van der Waals surface area contributed by atoms with Crippen molar-refractivity contribution in [1.29, 1.82) is 0 Å². The van der Waals surface area contributed by atoms with Crippen molar-refractivity contribution in [3.63, 3.8) is 0 Å². The summed E-state index contributed by atoms with van der Waals surface area (Å²) >= 11 is 0. The lowest BCUT2D eigenvalue weighted by atomic mass is 10.0. The fraction of sp³-hybridized carbons (Fsp3) is 0.385. The van der Waals surface area contributed by atoms with E-state index < -0.39 is 5.97 Å². The predicted molar refractivity (Wildman–Crippen MR) is 67.8 cm³/mol. The number of nitrogens with one attached hydrogen (secondary N) is 2. The highest BCUT2D eigenvalue weighted by Gasteiger charge is 2.23. The van der Waals surface area contributed by atoms with Crippen molar-refractivity contribution < 1.29 is 14.7 Å². The largest absolute Gasteiger partial charge is 0.478 e. The Balaban J connectivity index is 2.24. The van der Waals surface area contributed by atoms with E-state index in [1.54, 1.807) is 18.2 Å². The molecule has 1 aliphatic rings. The van der Waals surface area contributed by atoms with Gasteiger partial charge < -0.3 is 15.7 Å². The number of carboxylic acid groups (broad SMARTS) is 1. The van der Waals surface area contributed by atoms with Gasteiger partial charge in [0.15, 0.2) is 0 Å². The van der Waals surface area contributed by atoms with E-state index in [-0.39, 0.29) is 17.5 Å². The zero-order valence-corrected chi connectivity index (χ0v) is 10.2. The third-order valence-corrected chi connectivity index (χ3v) is 3.02. The third kappa shape index (κ3) is 2.61. The minimum absolute atomic E-state index is 0.0703. The standard InChI is InChI=1S/C13H16N2O3/c1-8-4-5-9(13(17)18)11(7-8)15-10-3-2-6-14-12(10)16/h4-5,7,10,15H,2-3,6H2,1H3,(H,14,16)(H,17,18). The molecule has 18 heavy (non-hydrogen) atoms. The number of piperidine rings is 1. The molecule has 1 unspecified atom stereocenters. The van der Waals surface area contributed by atoms with Crippen molar-refractivity contribution in [1.82, 2.24) is 5.32 Å². The number of rotatable bonds is 3. The maximum Gasteiger partial charge on any atom is 0.337 e. The molecule has 0 radical (unpaired) electrons. The molecule has 5 nitrogen and oxygen atoms in total. The normalized spacial score (nSPS) is 19.2. The number of carbonyl (C=O) groups is 2. The average Bonchev–Trinajstić information content (AvgIpc) is 2.32. The van der Waals surface area contributed by atoms with Gasteiger partial charge in [-0.1, -0.05) is 6.07 Å². The van der Waals surface area contributed by atoms with Gasteiger partial charge in [0.1, 0.15) is 6.04 Å². The highest BCUT2D eigenvalue weighted by atomic mass is 16.4. The average molecular weight is 248 g/mol. The lowest BCUT2D eigenvalue weighted by molar-refractivity contribution is -0.123. The molecule has 1 aromatic rings. The Labute approximate surface area is 105 Å². The Kier molecular flexibility index (Phi) is 3.50. The Morgan fingerprint density at radius 3 is 2.94 bits per heavy atom. The van der Waals surface area contributed by atoms with Crippen LogP contribution in [0.25, 0.3) is 0 Å². The summed E-state index contributed by atoms with van der Waals surface area (Å²) in [7, 11) is 0. The van der Waals surface area contributed by atoms with Gasteiger partial charge in [-0.05, 0) is 37.5 Å². The van der Waals surface area contributed by atoms with E-state index in [2.05, 4.69) is 10.6 Å². The number of aromatic carboxylic acids is 1. The molecule has 1 aliphatic heterocycles. The van der Waals surface area contributed by atoms with E-state index in [0.717, 1.165) is 18.4 Å². The summed E-state index contributed by atoms with van der Waals surface area (Å²) in [6, 6.07) is 4.71. The maximum atomic E-state index is 11.6. The van der Waals surface area contributed by atoms with Crippen molar-refractivity contribution in [3.05, 3.63) is 29.3 Å². The quantitative estimate of drug-likeness (QED) is 0.755. The second-order valence-corrected chi connectivity index (χ2v) is 4.48. The minimum atomic E-state index is -0.992. The van der Waals surface area contributed by atoms with Crippen molar-refractivity contribution in [3.8, 4) is 0 Å². The SMILES string of the molecule is Cc1ccc(C(=O)O)c(NC2CCCNC2=O)c1. The number of carbonyl (C=O) groups excluding carboxylic acids is 1. The fourth-order valence-electron chi connectivity index (χ4n) is 2.06. The van der Waals surface area contributed by atoms with Gasteiger partial charge >= 0.3 is 5.97 Å². The molecular formula is C13H16N2O3. The van der Waals surface area contributed by atoms with Gasteiger partial charge in [-0.15, -0.1) is 0 Å². The molecule has 0 spiro atoms. The molecule has 96 valence electrons. The van der Waals surface area contributed by atoms with Crippen LogP contribution in [0, 0.1) is 6.92 Å². The molecule has 0 saturated carbocycles. The molecule has 1 aromatic carbocycles. The molecule has 1 saturated heterocycles. The molecule has 0 aliphatic carbocycles. The molecular weight excluding hydrogens is 232 g/mol. The smallest absolute Gasteiger partial charge is 0.337 e. The Morgan fingerprint density at radius 1 is 1.50 bits per heavy atom. The van der Waals surface area contributed by atoms with Gasteiger partial charge in [0.2, 0.25) is 5.91 Å². The van der Waals surface area contributed by atoms with Crippen LogP contribution in [0.1, 0.15) is 28.8 Å². The molecule has 2 rings (SSSR count). The third-order valence-electron chi connectivity index (χ3n) is 3.02. The Hall–Kier alpha value is -2.04. The topological polar surface area (TPSA) is 78.4 Å². The van der Waals surface area contributed by atoms with Gasteiger partial charge in [0, 0.05) is 12.2 Å². The summed E-state index contributed by atoms with van der Waals surface area (Å²) in [6.07, 6.45) is 1.62. The van der Waals surface area contributed by atoms with Gasteiger partial charge in [-0.2, -0.15) is 0 Å². The van der Waals surface area contributed by atoms with Crippen LogP contribution >= 0.6 is 0 Å². The number of amides is 1. The fourth-order valence-corrected chi connectivity index (χ4v) is 2.06. The lowest BCUT2D eigenvalue weighted by Gasteiger charge is -2.24. The summed E-state index contributed by atoms with van der Waals surface area (Å²) in [6.45, 7) is 2.58. The van der Waals surface area contributed by atoms with Crippen LogP contribution in [0.4, 0.5) is 5.69 Å². The van der Waals surface area contributed by atoms with Crippen molar-refractivity contribution in [2.75, 3.05) is 11.9 Å². The first-order chi connectivity index (χ1) is 8.58. The highest BCUT2D eigenvalue weighted by molar-refractivity contribution is 5.95. The van der Waals surface area contributed by atoms with Crippen LogP contribution in [-0.2, 0) is 4.79 Å². The molecule has 0 aromatic heterocycles. The summed E-state index contributed by atoms with van der Waals surface area (Å²) in [5.41, 5.74) is 1.65. The van der Waals surface area contributed by atoms with Crippen LogP contribution in [0.3, 0.4) is 0 Å². The number of hydrogen-bond acceptors (Lipinski definition) is 3. The summed E-state index contributed by atoms with van der Waals surface area (Å²) < 4.78 is 0. The molecule has 3 N–H and O–H groups in total. The summed E-state index contributed by atoms with van der Waals surface area (Å²) in [5, 5.41) is 14.9. The number of benzene rings is 1. The van der Waals surface area contributed by atoms with Crippen LogP contribution in [0.5, 0.6) is 0 Å². The predicted octanol–water partition coefficient (Wildman–Crippen LogP) is 1.38. The molecule has 1 amide bonds. The van der Waals surface area contributed by atoms with Crippen molar-refractivity contribution in [2.24, 2.45) is 0 Å². The zero-order valence-electron chi connectivity index (χ0n) is 10.2. The molecule has 1 atom stereocenters. The molecule has 1 fully saturated rings. The number of aryl methyl sites for hydroxylation is 1. The minimum Gasteiger partial charge on any atom is -0.478 e. The second-order valence-electron chi connectivity index (χ2n) is 4.48. The number of hydrogen-bond donors (Lipinski definition) is 3. The zero-order chi connectivity index (χ0) is 13.1. The van der Waals surface area contributed by atoms with Gasteiger partial charge in [0.05, 0.1) is 5.56 Å². The van der Waals surface area contributed by atoms with Crippen molar-refractivity contribution in [2.45, 2.75) is 25.8 Å². The van der Waals surface area contributed by atoms with E-state index in [1.165, 1.54) is 0 Å². The maximum absolute atomic E-state index is 11.6. The summed E-state index contributed by atoms with van der Waals surface area (Å²) in [5.74, 6) is -1.06. The van der Waals surface area contributed by atoms with E-state index in [9.17, 15) is 9.59 Å². The number of carboxylic acids is 1. The van der Waals surface area contributed by atoms with E-state index in [0.29, 0.717) is 12.2 Å². The molecule has 0 bridgehead atoms. The van der Waals surface area contributed by atoms with Crippen LogP contribution < -0.4 is 10.6 Å². The lowest BCUT2D eigenvalue weighted by Crippen LogP contribution is -2.44. The highest BCUT2D eigenvalue weighted by Crippen LogP contribution is 2.20. The molecule has 1 heterocycles. The van der Waals surface area contributed by atoms with Gasteiger partial charge in [-0.25, -0.2) is 4.79 Å². The monoisotopic (exact) mass is 248 g/mol. The van der Waals surface area contributed by atoms with Crippen LogP contribution in [0.15, 0.2) is 18.2 Å². The van der Waals surface area contributed by atoms with Gasteiger partial charge in [-0.3, -0.25) is 4.79 Å². The first-order valence-electron chi connectivity index (χ1n) is 5.96. The first-order valence-corrected chi connectivity index (χ1v) is 5.96. The Morgan fingerprint density at radius 2 is 2.28 bits per heavy atom. The van der Waals surface area contributed by atoms with Crippen LogP contribution in [-0.4, -0.2) is 29.6 Å². The summed E-state index contributed by atoms with van der Waals surface area (Å²) in [4.78, 5) is 22.8.